The maximum Gasteiger partial charge on any atom is 0.259 e. The summed E-state index contributed by atoms with van der Waals surface area (Å²) >= 11 is 0. The molecule has 0 unspecified atom stereocenters. The third-order valence-corrected chi connectivity index (χ3v) is 5.02. The van der Waals surface area contributed by atoms with E-state index in [4.69, 9.17) is 4.52 Å². The van der Waals surface area contributed by atoms with E-state index in [1.807, 2.05) is 13.1 Å². The average molecular weight is 377 g/mol. The third kappa shape index (κ3) is 2.69. The fraction of sp³-hybridized carbons (Fsp3) is 0.200. The van der Waals surface area contributed by atoms with Gasteiger partial charge < -0.3 is 14.8 Å². The first-order chi connectivity index (χ1) is 13.6. The lowest BCUT2D eigenvalue weighted by Crippen LogP contribution is -2.24. The Hall–Kier alpha value is -3.39. The quantitative estimate of drug-likeness (QED) is 0.558. The van der Waals surface area contributed by atoms with Gasteiger partial charge in [-0.3, -0.25) is 9.78 Å². The highest BCUT2D eigenvalue weighted by Crippen LogP contribution is 2.31. The number of fused-ring (bicyclic) bond motifs is 2. The van der Waals surface area contributed by atoms with E-state index in [1.54, 1.807) is 0 Å². The highest BCUT2D eigenvalue weighted by molar-refractivity contribution is 5.92. The monoisotopic (exact) mass is 377 g/mol. The largest absolute Gasteiger partial charge is 0.334 e. The van der Waals surface area contributed by atoms with E-state index in [2.05, 4.69) is 25.4 Å². The van der Waals surface area contributed by atoms with Gasteiger partial charge in [0.1, 0.15) is 5.82 Å². The number of H-pyrrole nitrogens is 1. The number of aryl methyl sites for hydroxylation is 1. The molecular weight excluding hydrogens is 361 g/mol. The van der Waals surface area contributed by atoms with Crippen molar-refractivity contribution in [2.75, 3.05) is 6.54 Å². The van der Waals surface area contributed by atoms with Crippen molar-refractivity contribution < 1.29 is 8.91 Å². The van der Waals surface area contributed by atoms with Crippen LogP contribution in [0.15, 0.2) is 39.8 Å². The molecule has 140 valence electrons. The maximum atomic E-state index is 13.8. The van der Waals surface area contributed by atoms with Crippen molar-refractivity contribution in [2.45, 2.75) is 19.9 Å². The second kappa shape index (κ2) is 6.35. The molecule has 7 nitrogen and oxygen atoms in total. The Labute approximate surface area is 158 Å². The van der Waals surface area contributed by atoms with Crippen molar-refractivity contribution in [1.29, 1.82) is 0 Å². The second-order valence-electron chi connectivity index (χ2n) is 6.81. The molecule has 1 aliphatic heterocycles. The molecule has 0 amide bonds. The fourth-order valence-electron chi connectivity index (χ4n) is 3.70. The van der Waals surface area contributed by atoms with Gasteiger partial charge in [-0.2, -0.15) is 4.98 Å². The van der Waals surface area contributed by atoms with Crippen LogP contribution in [0.3, 0.4) is 0 Å². The fourth-order valence-corrected chi connectivity index (χ4v) is 3.70. The Morgan fingerprint density at radius 3 is 3.04 bits per heavy atom. The number of halogens is 1. The number of hydrogen-bond donors (Lipinski definition) is 2. The maximum absolute atomic E-state index is 13.8. The number of aromatic nitrogens is 4. The van der Waals surface area contributed by atoms with Gasteiger partial charge in [0.05, 0.1) is 5.56 Å². The molecule has 0 radical (unpaired) electrons. The van der Waals surface area contributed by atoms with Gasteiger partial charge in [-0.05, 0) is 49.2 Å². The molecule has 0 saturated heterocycles. The third-order valence-electron chi connectivity index (χ3n) is 5.02. The Bertz CT molecular complexity index is 1280. The summed E-state index contributed by atoms with van der Waals surface area (Å²) in [4.78, 5) is 23.7. The van der Waals surface area contributed by atoms with Gasteiger partial charge in [0.15, 0.2) is 0 Å². The normalized spacial score (nSPS) is 13.6. The van der Waals surface area contributed by atoms with E-state index < -0.39 is 5.82 Å². The van der Waals surface area contributed by atoms with Gasteiger partial charge in [0, 0.05) is 41.0 Å². The summed E-state index contributed by atoms with van der Waals surface area (Å²) < 4.78 is 19.2. The smallest absolute Gasteiger partial charge is 0.259 e. The molecule has 4 heterocycles. The van der Waals surface area contributed by atoms with Crippen LogP contribution in [0.1, 0.15) is 16.8 Å². The molecule has 0 atom stereocenters. The number of benzene rings is 1. The zero-order chi connectivity index (χ0) is 19.3. The van der Waals surface area contributed by atoms with Crippen molar-refractivity contribution in [3.63, 3.8) is 0 Å². The molecule has 8 heteroatoms. The Balaban J connectivity index is 1.69. The summed E-state index contributed by atoms with van der Waals surface area (Å²) in [5.41, 5.74) is 4.51. The van der Waals surface area contributed by atoms with Gasteiger partial charge in [-0.25, -0.2) is 4.39 Å². The SMILES string of the molecule is Cc1ncc2c(c1-c1noc(-c3cc(=O)[nH]c4ccc(F)cc34)n1)CCNC2. The Morgan fingerprint density at radius 2 is 2.14 bits per heavy atom. The minimum atomic E-state index is -0.412. The van der Waals surface area contributed by atoms with E-state index in [9.17, 15) is 9.18 Å². The summed E-state index contributed by atoms with van der Waals surface area (Å²) in [7, 11) is 0. The number of pyridine rings is 2. The van der Waals surface area contributed by atoms with Crippen LogP contribution in [-0.2, 0) is 13.0 Å². The minimum Gasteiger partial charge on any atom is -0.334 e. The summed E-state index contributed by atoms with van der Waals surface area (Å²) in [6.45, 7) is 3.52. The molecule has 0 saturated carbocycles. The van der Waals surface area contributed by atoms with Gasteiger partial charge >= 0.3 is 0 Å². The van der Waals surface area contributed by atoms with E-state index >= 15 is 0 Å². The highest BCUT2D eigenvalue weighted by atomic mass is 19.1. The molecule has 5 rings (SSSR count). The van der Waals surface area contributed by atoms with Crippen molar-refractivity contribution >= 4 is 10.9 Å². The average Bonchev–Trinajstić information content (AvgIpc) is 3.17. The van der Waals surface area contributed by atoms with Gasteiger partial charge in [0.2, 0.25) is 11.4 Å². The molecule has 0 aliphatic carbocycles. The number of rotatable bonds is 2. The Morgan fingerprint density at radius 1 is 1.25 bits per heavy atom. The number of nitrogens with one attached hydrogen (secondary N) is 2. The van der Waals surface area contributed by atoms with Crippen LogP contribution in [0, 0.1) is 12.7 Å². The van der Waals surface area contributed by atoms with Crippen LogP contribution >= 0.6 is 0 Å². The van der Waals surface area contributed by atoms with Gasteiger partial charge in [-0.1, -0.05) is 5.16 Å². The summed E-state index contributed by atoms with van der Waals surface area (Å²) in [6, 6.07) is 5.49. The molecular formula is C20H16FN5O2. The van der Waals surface area contributed by atoms with E-state index in [0.717, 1.165) is 41.9 Å². The second-order valence-corrected chi connectivity index (χ2v) is 6.81. The topological polar surface area (TPSA) is 96.7 Å². The molecule has 1 aliphatic rings. The van der Waals surface area contributed by atoms with Crippen LogP contribution < -0.4 is 10.9 Å². The number of hydrogen-bond acceptors (Lipinski definition) is 6. The molecule has 1 aromatic carbocycles. The highest BCUT2D eigenvalue weighted by Gasteiger charge is 2.22. The van der Waals surface area contributed by atoms with Crippen LogP contribution in [0.25, 0.3) is 33.7 Å². The summed E-state index contributed by atoms with van der Waals surface area (Å²) in [5, 5.41) is 7.97. The molecule has 3 aromatic heterocycles. The molecule has 0 fully saturated rings. The van der Waals surface area contributed by atoms with Gasteiger partial charge in [0.25, 0.3) is 5.89 Å². The van der Waals surface area contributed by atoms with Crippen molar-refractivity contribution in [3.05, 3.63) is 63.5 Å². The predicted molar refractivity (Wildman–Crippen MR) is 101 cm³/mol. The summed E-state index contributed by atoms with van der Waals surface area (Å²) in [6.07, 6.45) is 2.71. The van der Waals surface area contributed by atoms with Crippen molar-refractivity contribution in [1.82, 2.24) is 25.4 Å². The van der Waals surface area contributed by atoms with E-state index in [0.29, 0.717) is 22.3 Å². The zero-order valence-electron chi connectivity index (χ0n) is 15.0. The molecule has 2 N–H and O–H groups in total. The first-order valence-corrected chi connectivity index (χ1v) is 8.95. The lowest BCUT2D eigenvalue weighted by atomic mass is 9.95. The van der Waals surface area contributed by atoms with Crippen LogP contribution in [-0.4, -0.2) is 26.7 Å². The van der Waals surface area contributed by atoms with Crippen LogP contribution in [0.5, 0.6) is 0 Å². The zero-order valence-corrected chi connectivity index (χ0v) is 15.0. The van der Waals surface area contributed by atoms with E-state index in [1.165, 1.54) is 24.3 Å². The van der Waals surface area contributed by atoms with Crippen molar-refractivity contribution in [3.8, 4) is 22.8 Å². The first kappa shape index (κ1) is 16.8. The van der Waals surface area contributed by atoms with Crippen LogP contribution in [0.2, 0.25) is 0 Å². The molecule has 0 spiro atoms. The minimum absolute atomic E-state index is 0.169. The lowest BCUT2D eigenvalue weighted by Gasteiger charge is -2.19. The molecule has 28 heavy (non-hydrogen) atoms. The predicted octanol–water partition coefficient (Wildman–Crippen LogP) is 2.73. The summed E-state index contributed by atoms with van der Waals surface area (Å²) in [5.74, 6) is 0.177. The van der Waals surface area contributed by atoms with Crippen LogP contribution in [0.4, 0.5) is 4.39 Å². The number of nitrogens with zero attached hydrogens (tertiary/aromatic N) is 3. The van der Waals surface area contributed by atoms with Crippen molar-refractivity contribution in [2.24, 2.45) is 0 Å². The van der Waals surface area contributed by atoms with E-state index in [-0.39, 0.29) is 11.4 Å². The number of aromatic amines is 1. The Kier molecular flexibility index (Phi) is 3.80. The first-order valence-electron chi connectivity index (χ1n) is 8.95. The van der Waals surface area contributed by atoms with Gasteiger partial charge in [-0.15, -0.1) is 0 Å². The lowest BCUT2D eigenvalue weighted by molar-refractivity contribution is 0.432. The molecule has 4 aromatic rings. The molecule has 0 bridgehead atoms. The standard InChI is InChI=1S/C20H16FN5O2/c1-10-18(13-4-5-22-8-11(13)9-23-10)19-25-20(28-26-19)15-7-17(27)24-16-3-2-12(21)6-14(15)16/h2-3,6-7,9,22H,4-5,8H2,1H3,(H,24,27).